The number of hydrogen-bond acceptors (Lipinski definition) is 5. The lowest BCUT2D eigenvalue weighted by molar-refractivity contribution is 0.0219. The number of carbonyl (C=O) groups is 1. The quantitative estimate of drug-likeness (QED) is 0.519. The van der Waals surface area contributed by atoms with Crippen molar-refractivity contribution in [3.05, 3.63) is 95.6 Å². The number of benzene rings is 3. The number of ether oxygens (including phenoxy) is 3. The summed E-state index contributed by atoms with van der Waals surface area (Å²) >= 11 is 0. The van der Waals surface area contributed by atoms with Gasteiger partial charge in [-0.2, -0.15) is 0 Å². The van der Waals surface area contributed by atoms with Crippen LogP contribution in [0.1, 0.15) is 34.5 Å². The number of methoxy groups -OCH3 is 1. The number of hydrogen-bond donors (Lipinski definition) is 1. The molecule has 0 radical (unpaired) electrons. The zero-order valence-corrected chi connectivity index (χ0v) is 17.5. The van der Waals surface area contributed by atoms with Gasteiger partial charge in [-0.15, -0.1) is 0 Å². The number of esters is 1. The van der Waals surface area contributed by atoms with E-state index < -0.39 is 12.1 Å². The fourth-order valence-electron chi connectivity index (χ4n) is 3.09. The van der Waals surface area contributed by atoms with Crippen molar-refractivity contribution in [3.8, 4) is 11.5 Å². The van der Waals surface area contributed by atoms with Gasteiger partial charge in [0.1, 0.15) is 12.7 Å². The smallest absolute Gasteiger partial charge is 0.338 e. The Bertz CT molecular complexity index is 944. The van der Waals surface area contributed by atoms with Crippen LogP contribution in [0.25, 0.3) is 0 Å². The van der Waals surface area contributed by atoms with E-state index in [1.807, 2.05) is 74.6 Å². The van der Waals surface area contributed by atoms with Crippen molar-refractivity contribution >= 4 is 5.97 Å². The molecule has 0 fully saturated rings. The topological polar surface area (TPSA) is 56.8 Å². The minimum absolute atomic E-state index is 0.0493. The van der Waals surface area contributed by atoms with E-state index in [4.69, 9.17) is 14.2 Å². The van der Waals surface area contributed by atoms with Crippen molar-refractivity contribution in [1.82, 2.24) is 5.32 Å². The van der Waals surface area contributed by atoms with Crippen LogP contribution in [0.4, 0.5) is 0 Å². The Morgan fingerprint density at radius 1 is 0.933 bits per heavy atom. The minimum Gasteiger partial charge on any atom is -0.493 e. The third-order valence-electron chi connectivity index (χ3n) is 4.91. The Morgan fingerprint density at radius 3 is 2.23 bits per heavy atom. The number of carbonyl (C=O) groups excluding carboxylic acids is 1. The molecule has 0 saturated carbocycles. The van der Waals surface area contributed by atoms with Gasteiger partial charge >= 0.3 is 5.97 Å². The predicted octanol–water partition coefficient (Wildman–Crippen LogP) is 4.78. The van der Waals surface area contributed by atoms with Gasteiger partial charge in [0.15, 0.2) is 11.5 Å². The first-order chi connectivity index (χ1) is 14.6. The summed E-state index contributed by atoms with van der Waals surface area (Å²) in [5, 5.41) is 3.16. The zero-order chi connectivity index (χ0) is 21.3. The van der Waals surface area contributed by atoms with Crippen molar-refractivity contribution < 1.29 is 19.0 Å². The Labute approximate surface area is 177 Å². The van der Waals surface area contributed by atoms with Gasteiger partial charge in [0.25, 0.3) is 0 Å². The standard InChI is InChI=1S/C25H27NO4/c1-18(26-2)24(20-12-8-5-9-13-20)30-25(27)21-14-15-22(23(16-21)28-3)29-17-19-10-6-4-7-11-19/h4-16,18,24,26H,17H2,1-3H3/t18-,24+/m1/s1. The maximum absolute atomic E-state index is 12.9. The Kier molecular flexibility index (Phi) is 7.46. The molecule has 30 heavy (non-hydrogen) atoms. The largest absolute Gasteiger partial charge is 0.493 e. The fourth-order valence-corrected chi connectivity index (χ4v) is 3.09. The van der Waals surface area contributed by atoms with Crippen LogP contribution >= 0.6 is 0 Å². The molecule has 156 valence electrons. The molecule has 0 bridgehead atoms. The Hall–Kier alpha value is -3.31. The number of rotatable bonds is 9. The Morgan fingerprint density at radius 2 is 1.60 bits per heavy atom. The highest BCUT2D eigenvalue weighted by Gasteiger charge is 2.24. The first kappa shape index (κ1) is 21.4. The maximum atomic E-state index is 12.9. The average Bonchev–Trinajstić information content (AvgIpc) is 2.81. The summed E-state index contributed by atoms with van der Waals surface area (Å²) in [4.78, 5) is 12.9. The molecule has 5 heteroatoms. The van der Waals surface area contributed by atoms with Crippen molar-refractivity contribution in [1.29, 1.82) is 0 Å². The first-order valence-electron chi connectivity index (χ1n) is 9.90. The normalized spacial score (nSPS) is 12.6. The van der Waals surface area contributed by atoms with Gasteiger partial charge in [-0.05, 0) is 43.3 Å². The van der Waals surface area contributed by atoms with Gasteiger partial charge in [-0.3, -0.25) is 0 Å². The van der Waals surface area contributed by atoms with Crippen LogP contribution < -0.4 is 14.8 Å². The van der Waals surface area contributed by atoms with Gasteiger partial charge in [0.05, 0.1) is 12.7 Å². The van der Waals surface area contributed by atoms with Gasteiger partial charge in [0, 0.05) is 6.04 Å². The van der Waals surface area contributed by atoms with E-state index in [2.05, 4.69) is 5.32 Å². The van der Waals surface area contributed by atoms with Gasteiger partial charge < -0.3 is 19.5 Å². The molecule has 0 heterocycles. The summed E-state index contributed by atoms with van der Waals surface area (Å²) in [6.45, 7) is 2.39. The molecule has 3 aromatic carbocycles. The van der Waals surface area contributed by atoms with Crippen molar-refractivity contribution in [3.63, 3.8) is 0 Å². The summed E-state index contributed by atoms with van der Waals surface area (Å²) < 4.78 is 17.2. The van der Waals surface area contributed by atoms with E-state index in [1.165, 1.54) is 0 Å². The maximum Gasteiger partial charge on any atom is 0.338 e. The summed E-state index contributed by atoms with van der Waals surface area (Å²) in [5.74, 6) is 0.637. The molecule has 0 aromatic heterocycles. The second kappa shape index (κ2) is 10.5. The second-order valence-electron chi connectivity index (χ2n) is 6.95. The predicted molar refractivity (Wildman–Crippen MR) is 117 cm³/mol. The number of likely N-dealkylation sites (N-methyl/N-ethyl adjacent to an activating group) is 1. The highest BCUT2D eigenvalue weighted by Crippen LogP contribution is 2.30. The van der Waals surface area contributed by atoms with Crippen molar-refractivity contribution in [2.24, 2.45) is 0 Å². The van der Waals surface area contributed by atoms with E-state index in [0.717, 1.165) is 11.1 Å². The highest BCUT2D eigenvalue weighted by molar-refractivity contribution is 5.90. The molecule has 0 aliphatic heterocycles. The van der Waals surface area contributed by atoms with Crippen LogP contribution in [-0.4, -0.2) is 26.2 Å². The molecule has 1 N–H and O–H groups in total. The molecule has 3 rings (SSSR count). The second-order valence-corrected chi connectivity index (χ2v) is 6.95. The molecule has 0 unspecified atom stereocenters. The molecule has 0 spiro atoms. The SMILES string of the molecule is CN[C@H](C)[C@H](OC(=O)c1ccc(OCc2ccccc2)c(OC)c1)c1ccccc1. The van der Waals surface area contributed by atoms with Crippen LogP contribution in [0.5, 0.6) is 11.5 Å². The number of nitrogens with one attached hydrogen (secondary N) is 1. The summed E-state index contributed by atoms with van der Waals surface area (Å²) in [6, 6.07) is 24.6. The molecule has 0 saturated heterocycles. The van der Waals surface area contributed by atoms with E-state index in [0.29, 0.717) is 23.7 Å². The van der Waals surface area contributed by atoms with Gasteiger partial charge in [-0.25, -0.2) is 4.79 Å². The van der Waals surface area contributed by atoms with E-state index in [1.54, 1.807) is 25.3 Å². The lowest BCUT2D eigenvalue weighted by atomic mass is 10.0. The molecule has 3 aromatic rings. The summed E-state index contributed by atoms with van der Waals surface area (Å²) in [7, 11) is 3.39. The third kappa shape index (κ3) is 5.39. The molecule has 5 nitrogen and oxygen atoms in total. The molecule has 2 atom stereocenters. The van der Waals surface area contributed by atoms with Crippen LogP contribution in [0.15, 0.2) is 78.9 Å². The van der Waals surface area contributed by atoms with Crippen LogP contribution in [0.3, 0.4) is 0 Å². The monoisotopic (exact) mass is 405 g/mol. The molecule has 0 aliphatic carbocycles. The fraction of sp³-hybridized carbons (Fsp3) is 0.240. The lowest BCUT2D eigenvalue weighted by Crippen LogP contribution is -2.32. The lowest BCUT2D eigenvalue weighted by Gasteiger charge is -2.24. The molecule has 0 amide bonds. The zero-order valence-electron chi connectivity index (χ0n) is 17.5. The van der Waals surface area contributed by atoms with Crippen LogP contribution in [0, 0.1) is 0 Å². The summed E-state index contributed by atoms with van der Waals surface area (Å²) in [6.07, 6.45) is -0.413. The highest BCUT2D eigenvalue weighted by atomic mass is 16.5. The van der Waals surface area contributed by atoms with E-state index in [9.17, 15) is 4.79 Å². The summed E-state index contributed by atoms with van der Waals surface area (Å²) in [5.41, 5.74) is 2.39. The molecular formula is C25H27NO4. The molecule has 0 aliphatic rings. The minimum atomic E-state index is -0.418. The Balaban J connectivity index is 1.75. The van der Waals surface area contributed by atoms with Gasteiger partial charge in [0.2, 0.25) is 0 Å². The third-order valence-corrected chi connectivity index (χ3v) is 4.91. The van der Waals surface area contributed by atoms with Crippen LogP contribution in [0.2, 0.25) is 0 Å². The van der Waals surface area contributed by atoms with Crippen molar-refractivity contribution in [2.75, 3.05) is 14.2 Å². The van der Waals surface area contributed by atoms with Crippen LogP contribution in [-0.2, 0) is 11.3 Å². The molecular weight excluding hydrogens is 378 g/mol. The van der Waals surface area contributed by atoms with Gasteiger partial charge in [-0.1, -0.05) is 60.7 Å². The van der Waals surface area contributed by atoms with Crippen molar-refractivity contribution in [2.45, 2.75) is 25.7 Å². The average molecular weight is 405 g/mol. The van der Waals surface area contributed by atoms with E-state index >= 15 is 0 Å². The first-order valence-corrected chi connectivity index (χ1v) is 9.90. The van der Waals surface area contributed by atoms with E-state index in [-0.39, 0.29) is 6.04 Å².